The summed E-state index contributed by atoms with van der Waals surface area (Å²) in [5.74, 6) is -0.290. The van der Waals surface area contributed by atoms with E-state index < -0.39 is 0 Å². The maximum absolute atomic E-state index is 10.9. The van der Waals surface area contributed by atoms with E-state index in [0.29, 0.717) is 13.0 Å². The molecule has 0 atom stereocenters. The van der Waals surface area contributed by atoms with Crippen molar-refractivity contribution in [3.63, 3.8) is 0 Å². The first kappa shape index (κ1) is 15.1. The molecule has 0 fully saturated rings. The maximum Gasteiger partial charge on any atom is 0.219 e. The minimum Gasteiger partial charge on any atom is -0.370 e. The number of carbonyl (C=O) groups excluding carboxylic acids is 1. The second-order valence-electron chi connectivity index (χ2n) is 6.26. The van der Waals surface area contributed by atoms with E-state index in [9.17, 15) is 4.79 Å². The number of carbonyl (C=O) groups is 1. The molecule has 1 rings (SSSR count). The third-order valence-electron chi connectivity index (χ3n) is 2.65. The molecule has 0 aliphatic heterocycles. The highest BCUT2D eigenvalue weighted by Crippen LogP contribution is 2.24. The lowest BCUT2D eigenvalue weighted by Gasteiger charge is -2.24. The number of nitrogens with two attached hydrogens (primary N) is 1. The molecule has 0 aliphatic rings. The summed E-state index contributed by atoms with van der Waals surface area (Å²) in [6, 6.07) is 0. The lowest BCUT2D eigenvalue weighted by atomic mass is 9.93. The molecule has 18 heavy (non-hydrogen) atoms. The van der Waals surface area contributed by atoms with E-state index in [1.165, 1.54) is 0 Å². The zero-order chi connectivity index (χ0) is 14.0. The van der Waals surface area contributed by atoms with Gasteiger partial charge in [-0.1, -0.05) is 20.8 Å². The number of nitrogens with zero attached hydrogens (tertiary/aromatic N) is 1. The largest absolute Gasteiger partial charge is 0.370 e. The number of aromatic nitrogens is 1. The molecule has 3 N–H and O–H groups in total. The van der Waals surface area contributed by atoms with E-state index in [2.05, 4.69) is 36.5 Å². The minimum atomic E-state index is -0.292. The van der Waals surface area contributed by atoms with E-state index in [-0.39, 0.29) is 16.9 Å². The molecular formula is C13H23N3OS. The first-order valence-corrected chi connectivity index (χ1v) is 6.96. The van der Waals surface area contributed by atoms with Crippen molar-refractivity contribution in [2.75, 3.05) is 0 Å². The third kappa shape index (κ3) is 4.74. The van der Waals surface area contributed by atoms with Crippen LogP contribution >= 0.6 is 11.3 Å². The lowest BCUT2D eigenvalue weighted by molar-refractivity contribution is -0.119. The minimum absolute atomic E-state index is 0.0808. The third-order valence-corrected chi connectivity index (χ3v) is 3.50. The molecular weight excluding hydrogens is 246 g/mol. The molecule has 0 aromatic carbocycles. The molecule has 0 spiro atoms. The summed E-state index contributed by atoms with van der Waals surface area (Å²) in [4.78, 5) is 15.5. The second kappa shape index (κ2) is 5.36. The van der Waals surface area contributed by atoms with Gasteiger partial charge in [0.15, 0.2) is 0 Å². The molecule has 0 aliphatic carbocycles. The van der Waals surface area contributed by atoms with Crippen LogP contribution in [-0.2, 0) is 16.8 Å². The highest BCUT2D eigenvalue weighted by Gasteiger charge is 2.21. The smallest absolute Gasteiger partial charge is 0.219 e. The van der Waals surface area contributed by atoms with Gasteiger partial charge in [0.1, 0.15) is 5.01 Å². The standard InChI is InChI=1S/C13H23N3OS/c1-12(2,3)9-8-18-11(16-9)7-15-13(4,5)6-10(14)17/h8,15H,6-7H2,1-5H3,(H2,14,17). The number of amides is 1. The summed E-state index contributed by atoms with van der Waals surface area (Å²) in [6.07, 6.45) is 0.324. The van der Waals surface area contributed by atoms with Gasteiger partial charge < -0.3 is 11.1 Å². The normalized spacial score (nSPS) is 12.7. The zero-order valence-corrected chi connectivity index (χ0v) is 12.6. The molecule has 0 saturated carbocycles. The Bertz CT molecular complexity index is 418. The van der Waals surface area contributed by atoms with Gasteiger partial charge in [0.05, 0.1) is 5.69 Å². The first-order valence-electron chi connectivity index (χ1n) is 6.08. The Morgan fingerprint density at radius 1 is 1.39 bits per heavy atom. The van der Waals surface area contributed by atoms with Gasteiger partial charge in [-0.25, -0.2) is 4.98 Å². The lowest BCUT2D eigenvalue weighted by Crippen LogP contribution is -2.42. The average Bonchev–Trinajstić information content (AvgIpc) is 2.60. The van der Waals surface area contributed by atoms with E-state index in [1.54, 1.807) is 11.3 Å². The fourth-order valence-corrected chi connectivity index (χ4v) is 2.51. The summed E-state index contributed by atoms with van der Waals surface area (Å²) in [6.45, 7) is 11.1. The Kier molecular flexibility index (Phi) is 4.50. The van der Waals surface area contributed by atoms with Gasteiger partial charge in [-0.15, -0.1) is 11.3 Å². The van der Waals surface area contributed by atoms with Gasteiger partial charge in [0.2, 0.25) is 5.91 Å². The summed E-state index contributed by atoms with van der Waals surface area (Å²) < 4.78 is 0. The molecule has 0 unspecified atom stereocenters. The molecule has 0 saturated heterocycles. The van der Waals surface area contributed by atoms with E-state index in [4.69, 9.17) is 5.73 Å². The number of hydrogen-bond donors (Lipinski definition) is 2. The van der Waals surface area contributed by atoms with E-state index in [0.717, 1.165) is 10.7 Å². The fourth-order valence-electron chi connectivity index (χ4n) is 1.55. The van der Waals surface area contributed by atoms with Crippen LogP contribution in [0.15, 0.2) is 5.38 Å². The monoisotopic (exact) mass is 269 g/mol. The Morgan fingerprint density at radius 2 is 2.00 bits per heavy atom. The molecule has 4 nitrogen and oxygen atoms in total. The zero-order valence-electron chi connectivity index (χ0n) is 11.8. The molecule has 1 aromatic rings. The number of nitrogens with one attached hydrogen (secondary N) is 1. The maximum atomic E-state index is 10.9. The first-order chi connectivity index (χ1) is 8.10. The Balaban J connectivity index is 2.59. The predicted octanol–water partition coefficient (Wildman–Crippen LogP) is 2.18. The molecule has 102 valence electrons. The van der Waals surface area contributed by atoms with Crippen LogP contribution < -0.4 is 11.1 Å². The van der Waals surface area contributed by atoms with Crippen molar-refractivity contribution >= 4 is 17.2 Å². The summed E-state index contributed by atoms with van der Waals surface area (Å²) in [5, 5.41) is 6.45. The Labute approximate surface area is 113 Å². The number of rotatable bonds is 5. The van der Waals surface area contributed by atoms with Gasteiger partial charge in [-0.3, -0.25) is 4.79 Å². The van der Waals surface area contributed by atoms with Gasteiger partial charge >= 0.3 is 0 Å². The Hall–Kier alpha value is -0.940. The molecule has 0 radical (unpaired) electrons. The van der Waals surface area contributed by atoms with E-state index >= 15 is 0 Å². The fraction of sp³-hybridized carbons (Fsp3) is 0.692. The predicted molar refractivity (Wildman–Crippen MR) is 75.5 cm³/mol. The molecule has 5 heteroatoms. The van der Waals surface area contributed by atoms with Gasteiger partial charge in [-0.05, 0) is 13.8 Å². The number of hydrogen-bond acceptors (Lipinski definition) is 4. The summed E-state index contributed by atoms with van der Waals surface area (Å²) in [7, 11) is 0. The van der Waals surface area contributed by atoms with Gasteiger partial charge in [0, 0.05) is 29.3 Å². The Morgan fingerprint density at radius 3 is 2.44 bits per heavy atom. The van der Waals surface area contributed by atoms with Crippen molar-refractivity contribution in [2.45, 2.75) is 58.5 Å². The van der Waals surface area contributed by atoms with Gasteiger partial charge in [0.25, 0.3) is 0 Å². The molecule has 1 heterocycles. The van der Waals surface area contributed by atoms with Crippen LogP contribution in [0.2, 0.25) is 0 Å². The van der Waals surface area contributed by atoms with Crippen LogP contribution in [0.25, 0.3) is 0 Å². The van der Waals surface area contributed by atoms with Crippen LogP contribution in [0.5, 0.6) is 0 Å². The summed E-state index contributed by atoms with van der Waals surface area (Å²) in [5.41, 5.74) is 6.11. The van der Waals surface area contributed by atoms with Crippen molar-refractivity contribution in [2.24, 2.45) is 5.73 Å². The molecule has 1 amide bonds. The highest BCUT2D eigenvalue weighted by atomic mass is 32.1. The van der Waals surface area contributed by atoms with Crippen molar-refractivity contribution < 1.29 is 4.79 Å². The van der Waals surface area contributed by atoms with Crippen LogP contribution in [0.1, 0.15) is 51.7 Å². The van der Waals surface area contributed by atoms with E-state index in [1.807, 2.05) is 13.8 Å². The van der Waals surface area contributed by atoms with Crippen LogP contribution in [-0.4, -0.2) is 16.4 Å². The van der Waals surface area contributed by atoms with Crippen LogP contribution in [0, 0.1) is 0 Å². The number of thiazole rings is 1. The van der Waals surface area contributed by atoms with Gasteiger partial charge in [-0.2, -0.15) is 0 Å². The highest BCUT2D eigenvalue weighted by molar-refractivity contribution is 7.09. The van der Waals surface area contributed by atoms with Crippen molar-refractivity contribution in [1.82, 2.24) is 10.3 Å². The van der Waals surface area contributed by atoms with Crippen LogP contribution in [0.3, 0.4) is 0 Å². The topological polar surface area (TPSA) is 68.0 Å². The van der Waals surface area contributed by atoms with Crippen LogP contribution in [0.4, 0.5) is 0 Å². The molecule has 1 aromatic heterocycles. The quantitative estimate of drug-likeness (QED) is 0.861. The molecule has 0 bridgehead atoms. The van der Waals surface area contributed by atoms with Crippen molar-refractivity contribution in [1.29, 1.82) is 0 Å². The second-order valence-corrected chi connectivity index (χ2v) is 7.20. The van der Waals surface area contributed by atoms with Crippen molar-refractivity contribution in [3.8, 4) is 0 Å². The average molecular weight is 269 g/mol. The number of primary amides is 1. The SMILES string of the molecule is CC(C)(CC(N)=O)NCc1nc(C(C)(C)C)cs1. The van der Waals surface area contributed by atoms with Crippen molar-refractivity contribution in [3.05, 3.63) is 16.1 Å². The summed E-state index contributed by atoms with van der Waals surface area (Å²) >= 11 is 1.65.